The molecule has 0 spiro atoms. The van der Waals surface area contributed by atoms with Crippen molar-refractivity contribution < 1.29 is 8.78 Å². The number of halogens is 2. The van der Waals surface area contributed by atoms with Crippen molar-refractivity contribution >= 4 is 0 Å². The summed E-state index contributed by atoms with van der Waals surface area (Å²) in [4.78, 5) is 0. The van der Waals surface area contributed by atoms with Gasteiger partial charge in [-0.05, 0) is 36.6 Å². The average molecular weight is 227 g/mol. The molecule has 90 valence electrons. The van der Waals surface area contributed by atoms with Gasteiger partial charge in [0.15, 0.2) is 11.6 Å². The van der Waals surface area contributed by atoms with Gasteiger partial charge >= 0.3 is 0 Å². The Labute approximate surface area is 95.9 Å². The lowest BCUT2D eigenvalue weighted by atomic mass is 9.88. The van der Waals surface area contributed by atoms with Crippen LogP contribution in [0.25, 0.3) is 0 Å². The van der Waals surface area contributed by atoms with Gasteiger partial charge < -0.3 is 5.32 Å². The minimum Gasteiger partial charge on any atom is -0.317 e. The molecule has 0 saturated carbocycles. The van der Waals surface area contributed by atoms with Crippen LogP contribution >= 0.6 is 0 Å². The second-order valence-corrected chi connectivity index (χ2v) is 4.22. The van der Waals surface area contributed by atoms with Crippen molar-refractivity contribution in [1.82, 2.24) is 5.32 Å². The summed E-state index contributed by atoms with van der Waals surface area (Å²) in [6.45, 7) is 7.70. The first-order valence-corrected chi connectivity index (χ1v) is 5.72. The summed E-state index contributed by atoms with van der Waals surface area (Å²) >= 11 is 0. The predicted octanol–water partition coefficient (Wildman–Crippen LogP) is 3.31. The van der Waals surface area contributed by atoms with E-state index < -0.39 is 11.6 Å². The van der Waals surface area contributed by atoms with Crippen LogP contribution in [-0.4, -0.2) is 13.1 Å². The molecule has 0 fully saturated rings. The zero-order valence-electron chi connectivity index (χ0n) is 10.1. The monoisotopic (exact) mass is 227 g/mol. The Morgan fingerprint density at radius 2 is 1.94 bits per heavy atom. The number of benzene rings is 1. The second kappa shape index (κ2) is 5.94. The number of rotatable bonds is 5. The molecule has 0 aliphatic carbocycles. The Kier molecular flexibility index (Phi) is 4.87. The van der Waals surface area contributed by atoms with Crippen molar-refractivity contribution in [1.29, 1.82) is 0 Å². The van der Waals surface area contributed by atoms with Gasteiger partial charge in [-0.15, -0.1) is 0 Å². The fourth-order valence-electron chi connectivity index (χ4n) is 1.73. The normalized spacial score (nSPS) is 14.8. The van der Waals surface area contributed by atoms with Gasteiger partial charge in [0.2, 0.25) is 0 Å². The highest BCUT2D eigenvalue weighted by Crippen LogP contribution is 2.26. The molecule has 0 heterocycles. The summed E-state index contributed by atoms with van der Waals surface area (Å²) in [6.07, 6.45) is 0. The molecular weight excluding hydrogens is 208 g/mol. The third kappa shape index (κ3) is 3.01. The van der Waals surface area contributed by atoms with E-state index in [1.54, 1.807) is 12.1 Å². The van der Waals surface area contributed by atoms with Gasteiger partial charge in [0.25, 0.3) is 0 Å². The summed E-state index contributed by atoms with van der Waals surface area (Å²) in [5.41, 5.74) is 0.463. The maximum atomic E-state index is 13.5. The van der Waals surface area contributed by atoms with Crippen LogP contribution in [-0.2, 0) is 0 Å². The topological polar surface area (TPSA) is 12.0 Å². The molecule has 3 heteroatoms. The van der Waals surface area contributed by atoms with Gasteiger partial charge in [-0.3, -0.25) is 0 Å². The van der Waals surface area contributed by atoms with Crippen molar-refractivity contribution in [2.75, 3.05) is 13.1 Å². The molecule has 1 N–H and O–H groups in total. The molecule has 16 heavy (non-hydrogen) atoms. The molecule has 0 aromatic heterocycles. The maximum absolute atomic E-state index is 13.5. The van der Waals surface area contributed by atoms with Gasteiger partial charge in [0, 0.05) is 0 Å². The third-order valence-corrected chi connectivity index (χ3v) is 3.04. The number of hydrogen-bond acceptors (Lipinski definition) is 1. The number of hydrogen-bond donors (Lipinski definition) is 1. The zero-order chi connectivity index (χ0) is 12.1. The van der Waals surface area contributed by atoms with Crippen molar-refractivity contribution in [3.63, 3.8) is 0 Å². The van der Waals surface area contributed by atoms with E-state index in [-0.39, 0.29) is 11.8 Å². The quantitative estimate of drug-likeness (QED) is 0.813. The summed E-state index contributed by atoms with van der Waals surface area (Å²) in [5.74, 6) is -1.19. The van der Waals surface area contributed by atoms with Crippen LogP contribution in [0.15, 0.2) is 18.2 Å². The molecule has 1 nitrogen and oxygen atoms in total. The molecule has 1 rings (SSSR count). The van der Waals surface area contributed by atoms with Crippen LogP contribution in [0.4, 0.5) is 8.78 Å². The largest absolute Gasteiger partial charge is 0.317 e. The molecule has 0 aliphatic rings. The van der Waals surface area contributed by atoms with Gasteiger partial charge in [-0.1, -0.05) is 32.9 Å². The van der Waals surface area contributed by atoms with Gasteiger partial charge in [0.1, 0.15) is 0 Å². The fourth-order valence-corrected chi connectivity index (χ4v) is 1.73. The molecule has 1 aromatic carbocycles. The lowest BCUT2D eigenvalue weighted by Crippen LogP contribution is -2.24. The third-order valence-electron chi connectivity index (χ3n) is 3.04. The van der Waals surface area contributed by atoms with Crippen LogP contribution in [0.1, 0.15) is 32.3 Å². The van der Waals surface area contributed by atoms with Crippen LogP contribution < -0.4 is 5.32 Å². The van der Waals surface area contributed by atoms with E-state index in [9.17, 15) is 8.78 Å². The Bertz CT molecular complexity index is 339. The summed E-state index contributed by atoms with van der Waals surface area (Å²) < 4.78 is 26.6. The Morgan fingerprint density at radius 3 is 2.56 bits per heavy atom. The van der Waals surface area contributed by atoms with Crippen LogP contribution in [0.3, 0.4) is 0 Å². The van der Waals surface area contributed by atoms with E-state index in [4.69, 9.17) is 0 Å². The molecular formula is C13H19F2N. The fraction of sp³-hybridized carbons (Fsp3) is 0.538. The van der Waals surface area contributed by atoms with Gasteiger partial charge in [-0.2, -0.15) is 0 Å². The minimum atomic E-state index is -0.764. The SMILES string of the molecule is CCNCC(C)C(C)c1cccc(F)c1F. The van der Waals surface area contributed by atoms with E-state index in [1.807, 2.05) is 20.8 Å². The van der Waals surface area contributed by atoms with E-state index >= 15 is 0 Å². The van der Waals surface area contributed by atoms with Crippen LogP contribution in [0.2, 0.25) is 0 Å². The smallest absolute Gasteiger partial charge is 0.162 e. The van der Waals surface area contributed by atoms with Crippen molar-refractivity contribution in [3.8, 4) is 0 Å². The van der Waals surface area contributed by atoms with Crippen molar-refractivity contribution in [2.24, 2.45) is 5.92 Å². The highest BCUT2D eigenvalue weighted by Gasteiger charge is 2.19. The molecule has 1 aromatic rings. The van der Waals surface area contributed by atoms with E-state index in [0.29, 0.717) is 5.56 Å². The van der Waals surface area contributed by atoms with E-state index in [0.717, 1.165) is 19.2 Å². The van der Waals surface area contributed by atoms with Crippen molar-refractivity contribution in [3.05, 3.63) is 35.4 Å². The maximum Gasteiger partial charge on any atom is 0.162 e. The molecule has 0 aliphatic heterocycles. The second-order valence-electron chi connectivity index (χ2n) is 4.22. The number of nitrogens with one attached hydrogen (secondary N) is 1. The zero-order valence-corrected chi connectivity index (χ0v) is 10.1. The van der Waals surface area contributed by atoms with Crippen LogP contribution in [0, 0.1) is 17.6 Å². The Balaban J connectivity index is 2.79. The molecule has 0 amide bonds. The summed E-state index contributed by atoms with van der Waals surface area (Å²) in [6, 6.07) is 4.37. The standard InChI is InChI=1S/C13H19F2N/c1-4-16-8-9(2)10(3)11-6-5-7-12(14)13(11)15/h5-7,9-10,16H,4,8H2,1-3H3. The first-order valence-electron chi connectivity index (χ1n) is 5.72. The lowest BCUT2D eigenvalue weighted by molar-refractivity contribution is 0.425. The first kappa shape index (κ1) is 13.1. The molecule has 2 unspecified atom stereocenters. The molecule has 0 bridgehead atoms. The average Bonchev–Trinajstić information content (AvgIpc) is 2.28. The van der Waals surface area contributed by atoms with E-state index in [2.05, 4.69) is 5.32 Å². The summed E-state index contributed by atoms with van der Waals surface area (Å²) in [5, 5.41) is 3.22. The highest BCUT2D eigenvalue weighted by atomic mass is 19.2. The minimum absolute atomic E-state index is 0.00903. The predicted molar refractivity (Wildman–Crippen MR) is 62.5 cm³/mol. The Hall–Kier alpha value is -0.960. The summed E-state index contributed by atoms with van der Waals surface area (Å²) in [7, 11) is 0. The van der Waals surface area contributed by atoms with Crippen LogP contribution in [0.5, 0.6) is 0 Å². The van der Waals surface area contributed by atoms with Gasteiger partial charge in [-0.25, -0.2) is 8.78 Å². The van der Waals surface area contributed by atoms with Crippen molar-refractivity contribution in [2.45, 2.75) is 26.7 Å². The molecule has 2 atom stereocenters. The first-order chi connectivity index (χ1) is 7.57. The molecule has 0 radical (unpaired) electrons. The highest BCUT2D eigenvalue weighted by molar-refractivity contribution is 5.23. The van der Waals surface area contributed by atoms with Gasteiger partial charge in [0.05, 0.1) is 0 Å². The Morgan fingerprint density at radius 1 is 1.25 bits per heavy atom. The van der Waals surface area contributed by atoms with E-state index in [1.165, 1.54) is 0 Å². The lowest BCUT2D eigenvalue weighted by Gasteiger charge is -2.21. The molecule has 0 saturated heterocycles.